The average Bonchev–Trinajstić information content (AvgIpc) is 2.96. The summed E-state index contributed by atoms with van der Waals surface area (Å²) in [5, 5.41) is 3.69. The highest BCUT2D eigenvalue weighted by Crippen LogP contribution is 2.25. The van der Waals surface area contributed by atoms with Crippen LogP contribution in [0, 0.1) is 0 Å². The molecule has 2 N–H and O–H groups in total. The van der Waals surface area contributed by atoms with E-state index in [0.29, 0.717) is 11.8 Å². The molecule has 0 bridgehead atoms. The Bertz CT molecular complexity index is 540. The molecule has 1 aliphatic heterocycles. The van der Waals surface area contributed by atoms with E-state index in [-0.39, 0.29) is 5.75 Å². The highest BCUT2D eigenvalue weighted by molar-refractivity contribution is 8.00. The highest BCUT2D eigenvalue weighted by Gasteiger charge is 2.19. The van der Waals surface area contributed by atoms with E-state index in [4.69, 9.17) is 0 Å². The second-order valence-corrected chi connectivity index (χ2v) is 8.56. The SMILES string of the molecule is CCNCc1cccc(CS(=O)(=O)NCC2CCCS2)c1. The van der Waals surface area contributed by atoms with Gasteiger partial charge in [0.2, 0.25) is 10.0 Å². The number of thioether (sulfide) groups is 1. The standard InChI is InChI=1S/C15H24N2O2S2/c1-2-16-10-13-5-3-6-14(9-13)12-21(18,19)17-11-15-7-4-8-20-15/h3,5-6,9,15-17H,2,4,7-8,10-12H2,1H3. The van der Waals surface area contributed by atoms with Crippen LogP contribution in [0.5, 0.6) is 0 Å². The van der Waals surface area contributed by atoms with Crippen molar-refractivity contribution in [3.05, 3.63) is 35.4 Å². The summed E-state index contributed by atoms with van der Waals surface area (Å²) in [5.74, 6) is 1.21. The minimum absolute atomic E-state index is 0.0599. The molecule has 0 radical (unpaired) electrons. The quantitative estimate of drug-likeness (QED) is 0.767. The van der Waals surface area contributed by atoms with Gasteiger partial charge < -0.3 is 5.32 Å². The maximum Gasteiger partial charge on any atom is 0.215 e. The molecule has 4 nitrogen and oxygen atoms in total. The van der Waals surface area contributed by atoms with Crippen LogP contribution < -0.4 is 10.0 Å². The van der Waals surface area contributed by atoms with Crippen LogP contribution in [0.3, 0.4) is 0 Å². The molecule has 0 saturated carbocycles. The first-order valence-corrected chi connectivity index (χ1v) is 10.2. The first-order valence-electron chi connectivity index (χ1n) is 7.46. The molecule has 1 aromatic carbocycles. The average molecular weight is 329 g/mol. The maximum absolute atomic E-state index is 12.1. The van der Waals surface area contributed by atoms with Gasteiger partial charge in [0.1, 0.15) is 0 Å². The summed E-state index contributed by atoms with van der Waals surface area (Å²) in [5.41, 5.74) is 1.97. The Hall–Kier alpha value is -0.560. The Morgan fingerprint density at radius 3 is 2.86 bits per heavy atom. The molecule has 1 aromatic rings. The van der Waals surface area contributed by atoms with Gasteiger partial charge in [-0.25, -0.2) is 13.1 Å². The van der Waals surface area contributed by atoms with Gasteiger partial charge in [-0.1, -0.05) is 31.2 Å². The largest absolute Gasteiger partial charge is 0.313 e. The maximum atomic E-state index is 12.1. The van der Waals surface area contributed by atoms with Gasteiger partial charge in [-0.3, -0.25) is 0 Å². The van der Waals surface area contributed by atoms with Crippen LogP contribution in [0.25, 0.3) is 0 Å². The van der Waals surface area contributed by atoms with E-state index in [0.717, 1.165) is 36.4 Å². The second kappa shape index (κ2) is 8.17. The van der Waals surface area contributed by atoms with Crippen molar-refractivity contribution in [3.8, 4) is 0 Å². The molecule has 0 amide bonds. The van der Waals surface area contributed by atoms with Crippen LogP contribution in [0.15, 0.2) is 24.3 Å². The van der Waals surface area contributed by atoms with Crippen molar-refractivity contribution < 1.29 is 8.42 Å². The van der Waals surface area contributed by atoms with Crippen LogP contribution in [-0.2, 0) is 22.3 Å². The molecule has 1 unspecified atom stereocenters. The summed E-state index contributed by atoms with van der Waals surface area (Å²) >= 11 is 1.87. The molecule has 0 aliphatic carbocycles. The Morgan fingerprint density at radius 1 is 1.33 bits per heavy atom. The molecule has 118 valence electrons. The molecule has 1 saturated heterocycles. The van der Waals surface area contributed by atoms with Crippen molar-refractivity contribution in [2.24, 2.45) is 0 Å². The van der Waals surface area contributed by atoms with Gasteiger partial charge in [0, 0.05) is 18.3 Å². The molecule has 1 atom stereocenters. The lowest BCUT2D eigenvalue weighted by Crippen LogP contribution is -2.30. The van der Waals surface area contributed by atoms with Gasteiger partial charge in [0.05, 0.1) is 5.75 Å². The third kappa shape index (κ3) is 5.98. The fourth-order valence-electron chi connectivity index (χ4n) is 2.39. The zero-order valence-electron chi connectivity index (χ0n) is 12.5. The van der Waals surface area contributed by atoms with Crippen LogP contribution in [0.2, 0.25) is 0 Å². The summed E-state index contributed by atoms with van der Waals surface area (Å²) in [6.07, 6.45) is 2.31. The highest BCUT2D eigenvalue weighted by atomic mass is 32.2. The molecule has 2 rings (SSSR count). The van der Waals surface area contributed by atoms with Crippen LogP contribution in [0.1, 0.15) is 30.9 Å². The molecular formula is C15H24N2O2S2. The predicted octanol–water partition coefficient (Wildman–Crippen LogP) is 2.11. The van der Waals surface area contributed by atoms with E-state index in [1.807, 2.05) is 36.0 Å². The van der Waals surface area contributed by atoms with Gasteiger partial charge in [-0.05, 0) is 36.3 Å². The summed E-state index contributed by atoms with van der Waals surface area (Å²) in [6, 6.07) is 7.77. The lowest BCUT2D eigenvalue weighted by atomic mass is 10.1. The Morgan fingerprint density at radius 2 is 2.14 bits per heavy atom. The van der Waals surface area contributed by atoms with Crippen LogP contribution in [-0.4, -0.2) is 32.5 Å². The first kappa shape index (κ1) is 16.8. The Balaban J connectivity index is 1.89. The minimum atomic E-state index is -3.24. The van der Waals surface area contributed by atoms with Crippen molar-refractivity contribution in [3.63, 3.8) is 0 Å². The van der Waals surface area contributed by atoms with Gasteiger partial charge in [-0.15, -0.1) is 0 Å². The lowest BCUT2D eigenvalue weighted by Gasteiger charge is -2.11. The van der Waals surface area contributed by atoms with E-state index in [1.165, 1.54) is 6.42 Å². The zero-order valence-corrected chi connectivity index (χ0v) is 14.1. The second-order valence-electron chi connectivity index (χ2n) is 5.34. The molecule has 1 aliphatic rings. The van der Waals surface area contributed by atoms with Crippen molar-refractivity contribution in [2.45, 2.75) is 37.3 Å². The minimum Gasteiger partial charge on any atom is -0.313 e. The summed E-state index contributed by atoms with van der Waals surface area (Å²) in [7, 11) is -3.24. The molecule has 6 heteroatoms. The van der Waals surface area contributed by atoms with Gasteiger partial charge in [0.15, 0.2) is 0 Å². The molecule has 21 heavy (non-hydrogen) atoms. The number of hydrogen-bond donors (Lipinski definition) is 2. The molecule has 1 fully saturated rings. The van der Waals surface area contributed by atoms with Crippen LogP contribution >= 0.6 is 11.8 Å². The van der Waals surface area contributed by atoms with E-state index in [9.17, 15) is 8.42 Å². The van der Waals surface area contributed by atoms with Crippen LogP contribution in [0.4, 0.5) is 0 Å². The third-order valence-electron chi connectivity index (χ3n) is 3.48. The molecule has 0 aromatic heterocycles. The number of nitrogens with one attached hydrogen (secondary N) is 2. The lowest BCUT2D eigenvalue weighted by molar-refractivity contribution is 0.578. The van der Waals surface area contributed by atoms with Crippen molar-refractivity contribution in [2.75, 3.05) is 18.8 Å². The predicted molar refractivity (Wildman–Crippen MR) is 89.9 cm³/mol. The van der Waals surface area contributed by atoms with E-state index < -0.39 is 10.0 Å². The fraction of sp³-hybridized carbons (Fsp3) is 0.600. The molecule has 0 spiro atoms. The van der Waals surface area contributed by atoms with E-state index >= 15 is 0 Å². The van der Waals surface area contributed by atoms with E-state index in [2.05, 4.69) is 17.0 Å². The Kier molecular flexibility index (Phi) is 6.54. The number of hydrogen-bond acceptors (Lipinski definition) is 4. The van der Waals surface area contributed by atoms with Crippen molar-refractivity contribution >= 4 is 21.8 Å². The number of rotatable bonds is 8. The third-order valence-corrected chi connectivity index (χ3v) is 6.20. The number of benzene rings is 1. The molecule has 1 heterocycles. The summed E-state index contributed by atoms with van der Waals surface area (Å²) in [4.78, 5) is 0. The first-order chi connectivity index (χ1) is 10.1. The normalized spacial score (nSPS) is 19.0. The Labute approximate surface area is 132 Å². The smallest absolute Gasteiger partial charge is 0.215 e. The van der Waals surface area contributed by atoms with Gasteiger partial charge in [-0.2, -0.15) is 11.8 Å². The summed E-state index contributed by atoms with van der Waals surface area (Å²) < 4.78 is 27.0. The van der Waals surface area contributed by atoms with Crippen molar-refractivity contribution in [1.29, 1.82) is 0 Å². The van der Waals surface area contributed by atoms with Gasteiger partial charge in [0.25, 0.3) is 0 Å². The van der Waals surface area contributed by atoms with Gasteiger partial charge >= 0.3 is 0 Å². The topological polar surface area (TPSA) is 58.2 Å². The summed E-state index contributed by atoms with van der Waals surface area (Å²) in [6.45, 7) is 4.29. The fourth-order valence-corrected chi connectivity index (χ4v) is 4.88. The van der Waals surface area contributed by atoms with E-state index in [1.54, 1.807) is 0 Å². The number of sulfonamides is 1. The monoisotopic (exact) mass is 328 g/mol. The zero-order chi connectivity index (χ0) is 15.1. The van der Waals surface area contributed by atoms with Crippen molar-refractivity contribution in [1.82, 2.24) is 10.0 Å². The molecular weight excluding hydrogens is 304 g/mol.